The van der Waals surface area contributed by atoms with Gasteiger partial charge in [0.1, 0.15) is 29.8 Å². The van der Waals surface area contributed by atoms with E-state index in [0.29, 0.717) is 12.2 Å². The number of rotatable bonds is 16. The summed E-state index contributed by atoms with van der Waals surface area (Å²) in [6, 6.07) is 5.89. The maximum atomic E-state index is 11.9. The van der Waals surface area contributed by atoms with Gasteiger partial charge in [-0.05, 0) is 30.7 Å². The van der Waals surface area contributed by atoms with Crippen LogP contribution in [0.1, 0.15) is 58.3 Å². The van der Waals surface area contributed by atoms with Crippen molar-refractivity contribution in [2.45, 2.75) is 82.7 Å². The van der Waals surface area contributed by atoms with Gasteiger partial charge in [0.2, 0.25) is 0 Å². The Morgan fingerprint density at radius 3 is 2.07 bits per heavy atom. The molecule has 170 valence electrons. The lowest BCUT2D eigenvalue weighted by Gasteiger charge is -2.26. The summed E-state index contributed by atoms with van der Waals surface area (Å²) >= 11 is 0. The lowest BCUT2D eigenvalue weighted by molar-refractivity contribution is -0.134. The van der Waals surface area contributed by atoms with Gasteiger partial charge in [0, 0.05) is 6.42 Å². The number of esters is 1. The van der Waals surface area contributed by atoms with E-state index in [2.05, 4.69) is 6.92 Å². The number of aliphatic hydroxyl groups excluding tert-OH is 4. The van der Waals surface area contributed by atoms with E-state index >= 15 is 0 Å². The average Bonchev–Trinajstić information content (AvgIpc) is 2.76. The molecule has 0 heterocycles. The third-order valence-electron chi connectivity index (χ3n) is 4.71. The Hall–Kier alpha value is -2.00. The number of hydrogen-bond acceptors (Lipinski definition) is 8. The Morgan fingerprint density at radius 1 is 0.933 bits per heavy atom. The minimum absolute atomic E-state index is 0.198. The minimum Gasteiger partial charge on any atom is -0.480 e. The molecule has 8 heteroatoms. The number of ether oxygens (including phenoxy) is 2. The first kappa shape index (κ1) is 26.0. The molecule has 4 N–H and O–H groups in total. The third kappa shape index (κ3) is 9.67. The molecule has 0 spiro atoms. The maximum absolute atomic E-state index is 11.9. The number of aliphatic hydroxyl groups is 4. The topological polar surface area (TPSA) is 134 Å². The van der Waals surface area contributed by atoms with E-state index in [-0.39, 0.29) is 18.0 Å². The Balaban J connectivity index is 2.43. The van der Waals surface area contributed by atoms with Crippen LogP contribution in [0.4, 0.5) is 0 Å². The molecule has 0 radical (unpaired) electrons. The van der Waals surface area contributed by atoms with Crippen LogP contribution in [0.3, 0.4) is 0 Å². The molecule has 1 rings (SSSR count). The Bertz CT molecular complexity index is 604. The summed E-state index contributed by atoms with van der Waals surface area (Å²) in [6.45, 7) is 1.40. The number of carbonyl (C=O) groups is 2. The van der Waals surface area contributed by atoms with Crippen LogP contribution in [-0.4, -0.2) is 63.7 Å². The van der Waals surface area contributed by atoms with Crippen LogP contribution in [-0.2, 0) is 9.59 Å². The SMILES string of the molecule is CCCCCCCCCC(=O)Oc1ccc(O[C@@H](C=O)[C@@H](O)[C@H](O)[C@H](O)CO)cc1. The van der Waals surface area contributed by atoms with Gasteiger partial charge in [-0.25, -0.2) is 0 Å². The molecule has 0 saturated carbocycles. The zero-order valence-electron chi connectivity index (χ0n) is 17.5. The van der Waals surface area contributed by atoms with Crippen molar-refractivity contribution in [3.05, 3.63) is 24.3 Å². The quantitative estimate of drug-likeness (QED) is 0.136. The van der Waals surface area contributed by atoms with Crippen LogP contribution in [0.2, 0.25) is 0 Å². The van der Waals surface area contributed by atoms with Crippen LogP contribution >= 0.6 is 0 Å². The second-order valence-electron chi connectivity index (χ2n) is 7.27. The van der Waals surface area contributed by atoms with Crippen LogP contribution < -0.4 is 9.47 Å². The highest BCUT2D eigenvalue weighted by molar-refractivity contribution is 5.72. The van der Waals surface area contributed by atoms with Crippen molar-refractivity contribution in [3.63, 3.8) is 0 Å². The summed E-state index contributed by atoms with van der Waals surface area (Å²) in [5, 5.41) is 37.8. The summed E-state index contributed by atoms with van der Waals surface area (Å²) in [5.74, 6) is 0.206. The van der Waals surface area contributed by atoms with Crippen molar-refractivity contribution in [3.8, 4) is 11.5 Å². The molecular formula is C22H34O8. The largest absolute Gasteiger partial charge is 0.480 e. The first-order valence-corrected chi connectivity index (χ1v) is 10.5. The predicted octanol–water partition coefficient (Wildman–Crippen LogP) is 1.75. The van der Waals surface area contributed by atoms with Crippen LogP contribution in [0.5, 0.6) is 11.5 Å². The normalized spacial score (nSPS) is 15.1. The molecule has 0 saturated heterocycles. The summed E-state index contributed by atoms with van der Waals surface area (Å²) in [7, 11) is 0. The van der Waals surface area contributed by atoms with Crippen molar-refractivity contribution in [2.24, 2.45) is 0 Å². The zero-order valence-corrected chi connectivity index (χ0v) is 17.5. The van der Waals surface area contributed by atoms with E-state index in [1.807, 2.05) is 0 Å². The molecule has 1 aromatic carbocycles. The van der Waals surface area contributed by atoms with Crippen molar-refractivity contribution in [1.29, 1.82) is 0 Å². The zero-order chi connectivity index (χ0) is 22.4. The van der Waals surface area contributed by atoms with E-state index in [1.54, 1.807) is 0 Å². The van der Waals surface area contributed by atoms with E-state index in [0.717, 1.165) is 19.3 Å². The number of aldehydes is 1. The predicted molar refractivity (Wildman–Crippen MR) is 110 cm³/mol. The summed E-state index contributed by atoms with van der Waals surface area (Å²) < 4.78 is 10.6. The molecule has 0 aliphatic carbocycles. The monoisotopic (exact) mass is 426 g/mol. The molecule has 0 bridgehead atoms. The summed E-state index contributed by atoms with van der Waals surface area (Å²) in [4.78, 5) is 23.1. The van der Waals surface area contributed by atoms with E-state index < -0.39 is 31.0 Å². The highest BCUT2D eigenvalue weighted by Crippen LogP contribution is 2.20. The van der Waals surface area contributed by atoms with Crippen LogP contribution in [0.15, 0.2) is 24.3 Å². The number of benzene rings is 1. The van der Waals surface area contributed by atoms with Gasteiger partial charge in [0.25, 0.3) is 0 Å². The highest BCUT2D eigenvalue weighted by atomic mass is 16.5. The smallest absolute Gasteiger partial charge is 0.311 e. The number of unbranched alkanes of at least 4 members (excludes halogenated alkanes) is 6. The van der Waals surface area contributed by atoms with E-state index in [4.69, 9.17) is 14.6 Å². The summed E-state index contributed by atoms with van der Waals surface area (Å²) in [6.07, 6.45) is 1.87. The Labute approximate surface area is 177 Å². The molecule has 0 fully saturated rings. The van der Waals surface area contributed by atoms with E-state index in [9.17, 15) is 24.9 Å². The Morgan fingerprint density at radius 2 is 1.50 bits per heavy atom. The van der Waals surface area contributed by atoms with Gasteiger partial charge in [-0.3, -0.25) is 9.59 Å². The number of carbonyl (C=O) groups excluding carboxylic acids is 2. The van der Waals surface area contributed by atoms with Gasteiger partial charge in [-0.15, -0.1) is 0 Å². The summed E-state index contributed by atoms with van der Waals surface area (Å²) in [5.41, 5.74) is 0. The lowest BCUT2D eigenvalue weighted by Crippen LogP contribution is -2.48. The van der Waals surface area contributed by atoms with Gasteiger partial charge in [0.05, 0.1) is 6.61 Å². The first-order valence-electron chi connectivity index (χ1n) is 10.5. The van der Waals surface area contributed by atoms with Crippen molar-refractivity contribution in [2.75, 3.05) is 6.61 Å². The molecular weight excluding hydrogens is 392 g/mol. The molecule has 0 aliphatic heterocycles. The molecule has 8 nitrogen and oxygen atoms in total. The molecule has 4 atom stereocenters. The van der Waals surface area contributed by atoms with Gasteiger partial charge >= 0.3 is 5.97 Å². The maximum Gasteiger partial charge on any atom is 0.311 e. The average molecular weight is 427 g/mol. The highest BCUT2D eigenvalue weighted by Gasteiger charge is 2.32. The molecule has 30 heavy (non-hydrogen) atoms. The fraction of sp³-hybridized carbons (Fsp3) is 0.636. The second-order valence-corrected chi connectivity index (χ2v) is 7.27. The Kier molecular flexibility index (Phi) is 12.9. The fourth-order valence-electron chi connectivity index (χ4n) is 2.86. The second kappa shape index (κ2) is 14.9. The first-order chi connectivity index (χ1) is 14.4. The molecule has 0 unspecified atom stereocenters. The van der Waals surface area contributed by atoms with Gasteiger partial charge in [-0.2, -0.15) is 0 Å². The minimum atomic E-state index is -1.75. The van der Waals surface area contributed by atoms with Crippen LogP contribution in [0, 0.1) is 0 Å². The van der Waals surface area contributed by atoms with Gasteiger partial charge in [0.15, 0.2) is 12.4 Å². The van der Waals surface area contributed by atoms with Crippen LogP contribution in [0.25, 0.3) is 0 Å². The third-order valence-corrected chi connectivity index (χ3v) is 4.71. The fourth-order valence-corrected chi connectivity index (χ4v) is 2.86. The van der Waals surface area contributed by atoms with Crippen molar-refractivity contribution < 1.29 is 39.5 Å². The molecule has 0 amide bonds. The standard InChI is InChI=1S/C22H34O8/c1-2-3-4-5-6-7-8-9-20(26)30-17-12-10-16(11-13-17)29-19(15-24)22(28)21(27)18(25)14-23/h10-13,15,18-19,21-23,25,27-28H,2-9,14H2,1H3/t18-,19+,21-,22-/m1/s1. The van der Waals surface area contributed by atoms with E-state index in [1.165, 1.54) is 49.9 Å². The van der Waals surface area contributed by atoms with Crippen molar-refractivity contribution in [1.82, 2.24) is 0 Å². The number of hydrogen-bond donors (Lipinski definition) is 4. The van der Waals surface area contributed by atoms with Gasteiger partial charge < -0.3 is 29.9 Å². The molecule has 1 aromatic rings. The van der Waals surface area contributed by atoms with Crippen molar-refractivity contribution >= 4 is 12.3 Å². The van der Waals surface area contributed by atoms with Gasteiger partial charge in [-0.1, -0.05) is 45.4 Å². The molecule has 0 aliphatic rings. The lowest BCUT2D eigenvalue weighted by atomic mass is 10.0. The molecule has 0 aromatic heterocycles.